The molecule has 0 aromatic heterocycles. The first-order valence-corrected chi connectivity index (χ1v) is 8.56. The molecule has 3 aliphatic rings. The lowest BCUT2D eigenvalue weighted by Crippen LogP contribution is -2.46. The van der Waals surface area contributed by atoms with E-state index in [0.717, 1.165) is 45.2 Å². The molecule has 1 aliphatic carbocycles. The zero-order valence-electron chi connectivity index (χ0n) is 14.0. The Labute approximate surface area is 137 Å². The third kappa shape index (κ3) is 2.12. The van der Waals surface area contributed by atoms with Crippen molar-refractivity contribution in [2.24, 2.45) is 0 Å². The molecule has 1 aromatic rings. The maximum atomic E-state index is 10.2. The Kier molecular flexibility index (Phi) is 3.62. The predicted octanol–water partition coefficient (Wildman–Crippen LogP) is 2.98. The molecule has 4 heteroatoms. The Morgan fingerprint density at radius 3 is 2.87 bits per heavy atom. The highest BCUT2D eigenvalue weighted by molar-refractivity contribution is 5.54. The molecule has 4 rings (SSSR count). The van der Waals surface area contributed by atoms with E-state index in [2.05, 4.69) is 17.0 Å². The number of methoxy groups -OCH3 is 2. The maximum Gasteiger partial charge on any atom is 0.160 e. The van der Waals surface area contributed by atoms with Crippen molar-refractivity contribution in [3.05, 3.63) is 34.9 Å². The topological polar surface area (TPSA) is 41.9 Å². The number of aromatic hydroxyl groups is 1. The van der Waals surface area contributed by atoms with Crippen molar-refractivity contribution in [3.63, 3.8) is 0 Å². The number of fused-ring (bicyclic) bond motifs is 1. The zero-order valence-corrected chi connectivity index (χ0v) is 14.0. The number of phenols is 1. The fourth-order valence-corrected chi connectivity index (χ4v) is 4.84. The average molecular weight is 315 g/mol. The van der Waals surface area contributed by atoms with Crippen molar-refractivity contribution in [2.45, 2.75) is 43.7 Å². The maximum absolute atomic E-state index is 10.2. The normalized spacial score (nSPS) is 30.0. The molecular weight excluding hydrogens is 290 g/mol. The monoisotopic (exact) mass is 315 g/mol. The zero-order chi connectivity index (χ0) is 16.0. The van der Waals surface area contributed by atoms with Gasteiger partial charge < -0.3 is 14.6 Å². The van der Waals surface area contributed by atoms with Gasteiger partial charge in [-0.1, -0.05) is 6.08 Å². The Morgan fingerprint density at radius 1 is 1.22 bits per heavy atom. The first-order valence-electron chi connectivity index (χ1n) is 8.56. The lowest BCUT2D eigenvalue weighted by Gasteiger charge is -2.44. The summed E-state index contributed by atoms with van der Waals surface area (Å²) in [7, 11) is 3.44. The fraction of sp³-hybridized carbons (Fsp3) is 0.579. The second-order valence-electron chi connectivity index (χ2n) is 6.91. The first kappa shape index (κ1) is 15.0. The summed E-state index contributed by atoms with van der Waals surface area (Å²) in [6, 6.07) is 3.99. The lowest BCUT2D eigenvalue weighted by atomic mass is 9.73. The van der Waals surface area contributed by atoms with Gasteiger partial charge in [0, 0.05) is 20.1 Å². The minimum atomic E-state index is -0.0638. The molecule has 2 heterocycles. The van der Waals surface area contributed by atoms with Crippen LogP contribution in [0.15, 0.2) is 23.8 Å². The number of hydrogen-bond donors (Lipinski definition) is 1. The van der Waals surface area contributed by atoms with Crippen molar-refractivity contribution in [1.29, 1.82) is 0 Å². The molecule has 1 N–H and O–H groups in total. The van der Waals surface area contributed by atoms with Gasteiger partial charge in [0.15, 0.2) is 11.5 Å². The average Bonchev–Trinajstić information content (AvgIpc) is 2.87. The van der Waals surface area contributed by atoms with E-state index in [1.165, 1.54) is 16.7 Å². The van der Waals surface area contributed by atoms with E-state index in [0.29, 0.717) is 5.75 Å². The van der Waals surface area contributed by atoms with Gasteiger partial charge in [-0.25, -0.2) is 0 Å². The Bertz CT molecular complexity index is 654. The van der Waals surface area contributed by atoms with Crippen LogP contribution in [0.5, 0.6) is 11.5 Å². The summed E-state index contributed by atoms with van der Waals surface area (Å²) in [4.78, 5) is 2.63. The predicted molar refractivity (Wildman–Crippen MR) is 89.0 cm³/mol. The molecule has 0 unspecified atom stereocenters. The van der Waals surface area contributed by atoms with Crippen molar-refractivity contribution in [2.75, 3.05) is 27.3 Å². The van der Waals surface area contributed by atoms with Crippen LogP contribution in [0, 0.1) is 0 Å². The van der Waals surface area contributed by atoms with Gasteiger partial charge >= 0.3 is 0 Å². The van der Waals surface area contributed by atoms with Gasteiger partial charge in [-0.2, -0.15) is 0 Å². The molecule has 124 valence electrons. The van der Waals surface area contributed by atoms with Crippen LogP contribution in [0.1, 0.15) is 36.8 Å². The number of nitrogens with zero attached hydrogens (tertiary/aromatic N) is 1. The number of ether oxygens (including phenoxy) is 2. The molecule has 0 amide bonds. The van der Waals surface area contributed by atoms with Crippen LogP contribution >= 0.6 is 0 Å². The van der Waals surface area contributed by atoms with Gasteiger partial charge in [0.1, 0.15) is 0 Å². The first-order chi connectivity index (χ1) is 11.2. The molecule has 0 saturated carbocycles. The van der Waals surface area contributed by atoms with Crippen LogP contribution in [-0.2, 0) is 16.7 Å². The van der Waals surface area contributed by atoms with E-state index >= 15 is 0 Å². The number of hydrogen-bond acceptors (Lipinski definition) is 4. The molecule has 4 nitrogen and oxygen atoms in total. The van der Waals surface area contributed by atoms with Crippen molar-refractivity contribution in [3.8, 4) is 11.5 Å². The summed E-state index contributed by atoms with van der Waals surface area (Å²) in [5.41, 5.74) is 4.04. The van der Waals surface area contributed by atoms with E-state index in [1.54, 1.807) is 7.11 Å². The Morgan fingerprint density at radius 2 is 2.09 bits per heavy atom. The van der Waals surface area contributed by atoms with Crippen LogP contribution in [0.4, 0.5) is 0 Å². The van der Waals surface area contributed by atoms with Crippen molar-refractivity contribution < 1.29 is 14.6 Å². The summed E-state index contributed by atoms with van der Waals surface area (Å²) in [5, 5.41) is 10.2. The summed E-state index contributed by atoms with van der Waals surface area (Å²) in [6.07, 6.45) is 7.93. The minimum absolute atomic E-state index is 0.0638. The summed E-state index contributed by atoms with van der Waals surface area (Å²) in [6.45, 7) is 2.22. The van der Waals surface area contributed by atoms with E-state index in [1.807, 2.05) is 13.2 Å². The highest BCUT2D eigenvalue weighted by Crippen LogP contribution is 2.53. The highest BCUT2D eigenvalue weighted by atomic mass is 16.5. The molecule has 1 fully saturated rings. The minimum Gasteiger partial charge on any atom is -0.504 e. The molecule has 2 aliphatic heterocycles. The Balaban J connectivity index is 1.93. The third-order valence-corrected chi connectivity index (χ3v) is 5.93. The van der Waals surface area contributed by atoms with Gasteiger partial charge in [0.2, 0.25) is 0 Å². The van der Waals surface area contributed by atoms with Gasteiger partial charge in [-0.3, -0.25) is 4.90 Å². The summed E-state index contributed by atoms with van der Waals surface area (Å²) in [5.74, 6) is 0.824. The van der Waals surface area contributed by atoms with Gasteiger partial charge in [-0.05, 0) is 61.1 Å². The van der Waals surface area contributed by atoms with E-state index < -0.39 is 0 Å². The summed E-state index contributed by atoms with van der Waals surface area (Å²) < 4.78 is 11.1. The second-order valence-corrected chi connectivity index (χ2v) is 6.91. The molecular formula is C19H25NO3. The molecule has 1 spiro atoms. The molecule has 23 heavy (non-hydrogen) atoms. The van der Waals surface area contributed by atoms with Crippen molar-refractivity contribution >= 4 is 0 Å². The third-order valence-electron chi connectivity index (χ3n) is 5.93. The Hall–Kier alpha value is -1.52. The molecule has 1 saturated heterocycles. The van der Waals surface area contributed by atoms with Crippen molar-refractivity contribution in [1.82, 2.24) is 4.90 Å². The number of benzene rings is 1. The van der Waals surface area contributed by atoms with E-state index in [-0.39, 0.29) is 17.4 Å². The quantitative estimate of drug-likeness (QED) is 0.852. The van der Waals surface area contributed by atoms with Crippen LogP contribution in [0.3, 0.4) is 0 Å². The second kappa shape index (κ2) is 5.53. The molecule has 0 radical (unpaired) electrons. The number of aryl methyl sites for hydroxylation is 1. The van der Waals surface area contributed by atoms with E-state index in [4.69, 9.17) is 9.47 Å². The SMILES string of the molecule is COc1cc2c(cc1O)CCCN1CCC3=CC[C@@H](OC)C[C@]321. The number of phenolic OH excluding ortho intramolecular Hbond substituents is 1. The smallest absolute Gasteiger partial charge is 0.160 e. The largest absolute Gasteiger partial charge is 0.504 e. The fourth-order valence-electron chi connectivity index (χ4n) is 4.84. The number of rotatable bonds is 2. The van der Waals surface area contributed by atoms with E-state index in [9.17, 15) is 5.11 Å². The van der Waals surface area contributed by atoms with Gasteiger partial charge in [0.05, 0.1) is 18.8 Å². The highest BCUT2D eigenvalue weighted by Gasteiger charge is 2.51. The van der Waals surface area contributed by atoms with Crippen LogP contribution in [-0.4, -0.2) is 43.4 Å². The molecule has 1 aromatic carbocycles. The molecule has 0 bridgehead atoms. The standard InChI is InChI=1S/C19H25NO3/c1-22-15-6-5-14-7-9-20-8-3-4-13-10-17(21)18(23-2)11-16(13)19(14,20)12-15/h5,10-11,15,21H,3-4,6-9,12H2,1-2H3/t15-,19+/m1/s1. The van der Waals surface area contributed by atoms with Crippen LogP contribution in [0.25, 0.3) is 0 Å². The van der Waals surface area contributed by atoms with Gasteiger partial charge in [0.25, 0.3) is 0 Å². The molecule has 2 atom stereocenters. The van der Waals surface area contributed by atoms with Crippen LogP contribution < -0.4 is 4.74 Å². The lowest BCUT2D eigenvalue weighted by molar-refractivity contribution is 0.0346. The summed E-state index contributed by atoms with van der Waals surface area (Å²) >= 11 is 0. The van der Waals surface area contributed by atoms with Crippen LogP contribution in [0.2, 0.25) is 0 Å². The van der Waals surface area contributed by atoms with Gasteiger partial charge in [-0.15, -0.1) is 0 Å².